The Morgan fingerprint density at radius 1 is 0.800 bits per heavy atom. The minimum Gasteiger partial charge on any atom is -0.255 e. The molecule has 1 heterocycles. The van der Waals surface area contributed by atoms with Crippen molar-refractivity contribution in [3.63, 3.8) is 0 Å². The first kappa shape index (κ1) is 18.8. The SMILES string of the molecule is C=C1C(CC)C1(CC)c1ccccc1-c1ncc(-c2ccccc2)c2ccccc12. The van der Waals surface area contributed by atoms with E-state index >= 15 is 0 Å². The summed E-state index contributed by atoms with van der Waals surface area (Å²) in [6, 6.07) is 28.0. The highest BCUT2D eigenvalue weighted by atomic mass is 14.7. The lowest BCUT2D eigenvalue weighted by Crippen LogP contribution is -2.11. The number of nitrogens with zero attached hydrogens (tertiary/aromatic N) is 1. The summed E-state index contributed by atoms with van der Waals surface area (Å²) < 4.78 is 0. The quantitative estimate of drug-likeness (QED) is 0.317. The lowest BCUT2D eigenvalue weighted by molar-refractivity contribution is 0.575. The first-order valence-corrected chi connectivity index (χ1v) is 10.9. The second-order valence-electron chi connectivity index (χ2n) is 8.29. The first-order valence-electron chi connectivity index (χ1n) is 10.9. The molecule has 1 fully saturated rings. The number of hydrogen-bond acceptors (Lipinski definition) is 1. The van der Waals surface area contributed by atoms with Crippen molar-refractivity contribution in [1.82, 2.24) is 4.98 Å². The van der Waals surface area contributed by atoms with Gasteiger partial charge in [0.1, 0.15) is 0 Å². The second-order valence-corrected chi connectivity index (χ2v) is 8.29. The molecule has 1 aromatic heterocycles. The molecular weight excluding hydrogens is 362 g/mol. The van der Waals surface area contributed by atoms with Crippen LogP contribution in [0.1, 0.15) is 32.3 Å². The zero-order valence-electron chi connectivity index (χ0n) is 17.7. The maximum Gasteiger partial charge on any atom is 0.0783 e. The van der Waals surface area contributed by atoms with Crippen LogP contribution in [0.2, 0.25) is 0 Å². The van der Waals surface area contributed by atoms with E-state index in [9.17, 15) is 0 Å². The highest BCUT2D eigenvalue weighted by molar-refractivity contribution is 6.03. The molecule has 1 saturated carbocycles. The molecule has 2 atom stereocenters. The number of benzene rings is 3. The summed E-state index contributed by atoms with van der Waals surface area (Å²) >= 11 is 0. The number of allylic oxidation sites excluding steroid dienone is 1. The van der Waals surface area contributed by atoms with Crippen molar-refractivity contribution >= 4 is 10.8 Å². The number of hydrogen-bond donors (Lipinski definition) is 0. The van der Waals surface area contributed by atoms with Crippen LogP contribution in [-0.2, 0) is 5.41 Å². The Balaban J connectivity index is 1.75. The van der Waals surface area contributed by atoms with Gasteiger partial charge in [0.05, 0.1) is 5.69 Å². The summed E-state index contributed by atoms with van der Waals surface area (Å²) in [6.07, 6.45) is 4.27. The Kier molecular flexibility index (Phi) is 4.55. The topological polar surface area (TPSA) is 12.9 Å². The van der Waals surface area contributed by atoms with E-state index in [0.29, 0.717) is 5.92 Å². The fourth-order valence-corrected chi connectivity index (χ4v) is 5.47. The van der Waals surface area contributed by atoms with Crippen LogP contribution in [0.15, 0.2) is 97.2 Å². The van der Waals surface area contributed by atoms with E-state index in [1.165, 1.54) is 38.6 Å². The van der Waals surface area contributed by atoms with Gasteiger partial charge >= 0.3 is 0 Å². The lowest BCUT2D eigenvalue weighted by atomic mass is 9.84. The molecule has 2 unspecified atom stereocenters. The maximum absolute atomic E-state index is 5.04. The maximum atomic E-state index is 5.04. The molecule has 0 spiro atoms. The standard InChI is InChI=1S/C29H27N/c1-4-26-20(3)29(26,5-2)27-18-12-11-17-24(27)28-23-16-10-9-15-22(23)25(19-30-28)21-13-7-6-8-14-21/h6-19,26H,3-5H2,1-2H3. The number of fused-ring (bicyclic) bond motifs is 1. The third kappa shape index (κ3) is 2.65. The third-order valence-electron chi connectivity index (χ3n) is 7.01. The summed E-state index contributed by atoms with van der Waals surface area (Å²) in [5.41, 5.74) is 7.55. The Hall–Kier alpha value is -3.19. The molecule has 4 aromatic rings. The van der Waals surface area contributed by atoms with Crippen LogP contribution in [0.3, 0.4) is 0 Å². The van der Waals surface area contributed by atoms with E-state index in [-0.39, 0.29) is 5.41 Å². The van der Waals surface area contributed by atoms with E-state index in [0.717, 1.165) is 18.5 Å². The fraction of sp³-hybridized carbons (Fsp3) is 0.207. The highest BCUT2D eigenvalue weighted by Crippen LogP contribution is 2.64. The van der Waals surface area contributed by atoms with E-state index in [2.05, 4.69) is 99.3 Å². The smallest absolute Gasteiger partial charge is 0.0783 e. The van der Waals surface area contributed by atoms with Gasteiger partial charge in [-0.25, -0.2) is 0 Å². The molecule has 0 amide bonds. The Labute approximate surface area is 179 Å². The molecule has 0 N–H and O–H groups in total. The van der Waals surface area contributed by atoms with E-state index in [1.54, 1.807) is 0 Å². The van der Waals surface area contributed by atoms with Crippen LogP contribution in [0.25, 0.3) is 33.2 Å². The van der Waals surface area contributed by atoms with Gasteiger partial charge in [0.25, 0.3) is 0 Å². The van der Waals surface area contributed by atoms with Crippen molar-refractivity contribution in [2.24, 2.45) is 5.92 Å². The molecule has 0 bridgehead atoms. The summed E-state index contributed by atoms with van der Waals surface area (Å²) in [4.78, 5) is 5.04. The van der Waals surface area contributed by atoms with Gasteiger partial charge in [-0.05, 0) is 35.3 Å². The predicted molar refractivity (Wildman–Crippen MR) is 128 cm³/mol. The molecule has 5 rings (SSSR count). The summed E-state index contributed by atoms with van der Waals surface area (Å²) in [5.74, 6) is 0.568. The molecule has 1 aliphatic rings. The van der Waals surface area contributed by atoms with Crippen molar-refractivity contribution in [1.29, 1.82) is 0 Å². The van der Waals surface area contributed by atoms with Gasteiger partial charge in [0.2, 0.25) is 0 Å². The van der Waals surface area contributed by atoms with Crippen molar-refractivity contribution in [2.45, 2.75) is 32.1 Å². The molecule has 0 saturated heterocycles. The predicted octanol–water partition coefficient (Wildman–Crippen LogP) is 7.81. The fourth-order valence-electron chi connectivity index (χ4n) is 5.47. The van der Waals surface area contributed by atoms with E-state index in [4.69, 9.17) is 4.98 Å². The van der Waals surface area contributed by atoms with Crippen molar-refractivity contribution < 1.29 is 0 Å². The molecular formula is C29H27N. The van der Waals surface area contributed by atoms with Gasteiger partial charge in [0, 0.05) is 28.1 Å². The average molecular weight is 390 g/mol. The number of pyridine rings is 1. The second kappa shape index (κ2) is 7.25. The minimum absolute atomic E-state index is 0.0895. The largest absolute Gasteiger partial charge is 0.255 e. The van der Waals surface area contributed by atoms with Crippen LogP contribution < -0.4 is 0 Å². The van der Waals surface area contributed by atoms with Crippen LogP contribution in [-0.4, -0.2) is 4.98 Å². The van der Waals surface area contributed by atoms with Gasteiger partial charge < -0.3 is 0 Å². The van der Waals surface area contributed by atoms with Crippen molar-refractivity contribution in [3.05, 3.63) is 103 Å². The summed E-state index contributed by atoms with van der Waals surface area (Å²) in [7, 11) is 0. The van der Waals surface area contributed by atoms with Crippen LogP contribution in [0.5, 0.6) is 0 Å². The Morgan fingerprint density at radius 3 is 2.17 bits per heavy atom. The lowest BCUT2D eigenvalue weighted by Gasteiger charge is -2.20. The summed E-state index contributed by atoms with van der Waals surface area (Å²) in [5, 5.41) is 2.45. The van der Waals surface area contributed by atoms with Crippen LogP contribution in [0, 0.1) is 5.92 Å². The van der Waals surface area contributed by atoms with Gasteiger partial charge in [-0.3, -0.25) is 4.98 Å². The van der Waals surface area contributed by atoms with E-state index in [1.807, 2.05) is 6.20 Å². The van der Waals surface area contributed by atoms with Crippen LogP contribution >= 0.6 is 0 Å². The monoisotopic (exact) mass is 389 g/mol. The Bertz CT molecular complexity index is 1240. The molecule has 0 radical (unpaired) electrons. The molecule has 1 nitrogen and oxygen atoms in total. The number of rotatable bonds is 5. The number of aromatic nitrogens is 1. The van der Waals surface area contributed by atoms with Crippen LogP contribution in [0.4, 0.5) is 0 Å². The van der Waals surface area contributed by atoms with Gasteiger partial charge in [-0.2, -0.15) is 0 Å². The molecule has 30 heavy (non-hydrogen) atoms. The summed E-state index contributed by atoms with van der Waals surface area (Å²) in [6.45, 7) is 9.02. The molecule has 0 aliphatic heterocycles. The minimum atomic E-state index is 0.0895. The van der Waals surface area contributed by atoms with Crippen molar-refractivity contribution in [2.75, 3.05) is 0 Å². The third-order valence-corrected chi connectivity index (χ3v) is 7.01. The van der Waals surface area contributed by atoms with Gasteiger partial charge in [-0.1, -0.05) is 105 Å². The van der Waals surface area contributed by atoms with E-state index < -0.39 is 0 Å². The molecule has 1 aliphatic carbocycles. The first-order chi connectivity index (χ1) is 14.7. The zero-order valence-corrected chi connectivity index (χ0v) is 17.7. The zero-order chi connectivity index (χ0) is 20.7. The van der Waals surface area contributed by atoms with Crippen molar-refractivity contribution in [3.8, 4) is 22.4 Å². The average Bonchev–Trinajstić information content (AvgIpc) is 3.42. The van der Waals surface area contributed by atoms with Gasteiger partial charge in [0.15, 0.2) is 0 Å². The van der Waals surface area contributed by atoms with Gasteiger partial charge in [-0.15, -0.1) is 0 Å². The molecule has 148 valence electrons. The Morgan fingerprint density at radius 2 is 1.47 bits per heavy atom. The molecule has 3 aromatic carbocycles. The molecule has 1 heteroatoms. The normalized spacial score (nSPS) is 20.5. The highest BCUT2D eigenvalue weighted by Gasteiger charge is 2.57.